The van der Waals surface area contributed by atoms with Crippen molar-refractivity contribution in [3.8, 4) is 0 Å². The van der Waals surface area contributed by atoms with Gasteiger partial charge >= 0.3 is 12.4 Å². The third-order valence-corrected chi connectivity index (χ3v) is 4.90. The van der Waals surface area contributed by atoms with Gasteiger partial charge in [0.25, 0.3) is 0 Å². The Kier molecular flexibility index (Phi) is 6.37. The molecule has 1 saturated heterocycles. The number of rotatable bonds is 4. The highest BCUT2D eigenvalue weighted by atomic mass is 19.4. The summed E-state index contributed by atoms with van der Waals surface area (Å²) in [5.74, 6) is -0.523. The summed E-state index contributed by atoms with van der Waals surface area (Å²) in [4.78, 5) is 14.3. The first-order valence-corrected chi connectivity index (χ1v) is 9.45. The Morgan fingerprint density at radius 1 is 1.19 bits per heavy atom. The molecule has 1 atom stereocenters. The number of benzene rings is 1. The van der Waals surface area contributed by atoms with Crippen LogP contribution in [0.15, 0.2) is 24.3 Å². The molecule has 31 heavy (non-hydrogen) atoms. The van der Waals surface area contributed by atoms with E-state index in [9.17, 15) is 31.1 Å². The van der Waals surface area contributed by atoms with E-state index in [0.717, 1.165) is 34.0 Å². The van der Waals surface area contributed by atoms with Gasteiger partial charge in [-0.3, -0.25) is 4.79 Å². The number of alkyl halides is 6. The van der Waals surface area contributed by atoms with Crippen molar-refractivity contribution in [2.45, 2.75) is 51.1 Å². The minimum atomic E-state index is -4.59. The van der Waals surface area contributed by atoms with Gasteiger partial charge in [0.15, 0.2) is 5.82 Å². The molecule has 12 heteroatoms. The van der Waals surface area contributed by atoms with Crippen LogP contribution in [0.1, 0.15) is 41.8 Å². The van der Waals surface area contributed by atoms with Gasteiger partial charge in [-0.15, -0.1) is 10.2 Å². The third kappa shape index (κ3) is 5.61. The molecule has 0 N–H and O–H groups in total. The molecule has 2 heterocycles. The number of hydrogen-bond acceptors (Lipinski definition) is 4. The van der Waals surface area contributed by atoms with Crippen molar-refractivity contribution in [2.24, 2.45) is 0 Å². The highest BCUT2D eigenvalue weighted by Gasteiger charge is 2.45. The van der Waals surface area contributed by atoms with Gasteiger partial charge < -0.3 is 4.90 Å². The summed E-state index contributed by atoms with van der Waals surface area (Å²) >= 11 is 0. The summed E-state index contributed by atoms with van der Waals surface area (Å²) in [6, 6.07) is 1.02. The van der Waals surface area contributed by atoms with Crippen LogP contribution < -0.4 is 0 Å². The zero-order valence-corrected chi connectivity index (χ0v) is 16.4. The van der Waals surface area contributed by atoms with E-state index < -0.39 is 29.9 Å². The smallest absolute Gasteiger partial charge is 0.327 e. The predicted molar refractivity (Wildman–Crippen MR) is 97.5 cm³/mol. The molecule has 0 aliphatic carbocycles. The number of nitrogens with zero attached hydrogens (tertiary/aromatic N) is 5. The van der Waals surface area contributed by atoms with Crippen LogP contribution >= 0.6 is 0 Å². The van der Waals surface area contributed by atoms with Crippen molar-refractivity contribution in [1.82, 2.24) is 25.1 Å². The van der Waals surface area contributed by atoms with Crippen LogP contribution in [-0.2, 0) is 17.5 Å². The lowest BCUT2D eigenvalue weighted by molar-refractivity contribution is -0.193. The fourth-order valence-electron chi connectivity index (χ4n) is 3.42. The number of aryl methyl sites for hydroxylation is 1. The standard InChI is InChI=1S/C19H19F6N5O/c1-12-26-28-30(27-12)11-14-10-15(18(20,21)22)7-5-13(14)6-8-17(31)29-9-3-2-4-16(29)19(23,24)25/h5-8,10,16H,2-4,9,11H2,1H3/t16-/m0/s1. The molecule has 1 fully saturated rings. The normalized spacial score (nSPS) is 18.0. The number of carbonyl (C=O) groups is 1. The highest BCUT2D eigenvalue weighted by Crippen LogP contribution is 2.33. The lowest BCUT2D eigenvalue weighted by Gasteiger charge is -2.36. The molecule has 168 valence electrons. The van der Waals surface area contributed by atoms with E-state index >= 15 is 0 Å². The van der Waals surface area contributed by atoms with Crippen molar-refractivity contribution in [2.75, 3.05) is 6.54 Å². The molecule has 0 radical (unpaired) electrons. The number of carbonyl (C=O) groups excluding carboxylic acids is 1. The molecule has 0 spiro atoms. The minimum Gasteiger partial charge on any atom is -0.327 e. The average molecular weight is 447 g/mol. The largest absolute Gasteiger partial charge is 0.416 e. The first-order chi connectivity index (χ1) is 14.4. The molecule has 1 aliphatic rings. The topological polar surface area (TPSA) is 63.9 Å². The fourth-order valence-corrected chi connectivity index (χ4v) is 3.42. The lowest BCUT2D eigenvalue weighted by Crippen LogP contribution is -2.50. The number of halogens is 6. The van der Waals surface area contributed by atoms with Crippen LogP contribution in [0.4, 0.5) is 26.3 Å². The molecule has 1 aliphatic heterocycles. The van der Waals surface area contributed by atoms with Gasteiger partial charge in [0, 0.05) is 12.6 Å². The summed E-state index contributed by atoms with van der Waals surface area (Å²) in [5.41, 5.74) is -0.532. The van der Waals surface area contributed by atoms with Crippen LogP contribution in [0.3, 0.4) is 0 Å². The third-order valence-electron chi connectivity index (χ3n) is 4.90. The Balaban J connectivity index is 1.88. The van der Waals surface area contributed by atoms with Gasteiger partial charge in [0.1, 0.15) is 6.04 Å². The maximum absolute atomic E-state index is 13.2. The Hall–Kier alpha value is -2.92. The van der Waals surface area contributed by atoms with E-state index in [0.29, 0.717) is 18.7 Å². The molecule has 2 aromatic rings. The van der Waals surface area contributed by atoms with Crippen LogP contribution in [0.5, 0.6) is 0 Å². The van der Waals surface area contributed by atoms with E-state index in [1.807, 2.05) is 0 Å². The van der Waals surface area contributed by atoms with E-state index in [1.54, 1.807) is 6.92 Å². The first kappa shape index (κ1) is 22.8. The molecule has 6 nitrogen and oxygen atoms in total. The Labute approximate surface area is 173 Å². The maximum Gasteiger partial charge on any atom is 0.416 e. The van der Waals surface area contributed by atoms with Gasteiger partial charge in [0.2, 0.25) is 5.91 Å². The monoisotopic (exact) mass is 447 g/mol. The Morgan fingerprint density at radius 2 is 1.94 bits per heavy atom. The van der Waals surface area contributed by atoms with Gasteiger partial charge in [-0.25, -0.2) is 0 Å². The molecule has 3 rings (SSSR count). The summed E-state index contributed by atoms with van der Waals surface area (Å²) in [6.45, 7) is 1.37. The Morgan fingerprint density at radius 3 is 2.55 bits per heavy atom. The van der Waals surface area contributed by atoms with E-state index in [1.165, 1.54) is 6.08 Å². The zero-order chi connectivity index (χ0) is 22.8. The van der Waals surface area contributed by atoms with Crippen molar-refractivity contribution in [1.29, 1.82) is 0 Å². The number of hydrogen-bond donors (Lipinski definition) is 0. The molecular weight excluding hydrogens is 428 g/mol. The quantitative estimate of drug-likeness (QED) is 0.525. The SMILES string of the molecule is Cc1nnn(Cc2cc(C(F)(F)F)ccc2C=CC(=O)N2CCCC[C@H]2C(F)(F)F)n1. The van der Waals surface area contributed by atoms with Crippen LogP contribution in [0.25, 0.3) is 6.08 Å². The average Bonchev–Trinajstić information content (AvgIpc) is 3.10. The van der Waals surface area contributed by atoms with Crippen LogP contribution in [0, 0.1) is 6.92 Å². The minimum absolute atomic E-state index is 0.0324. The van der Waals surface area contributed by atoms with E-state index in [4.69, 9.17) is 0 Å². The van der Waals surface area contributed by atoms with E-state index in [-0.39, 0.29) is 30.6 Å². The molecule has 1 aromatic heterocycles. The summed E-state index contributed by atoms with van der Waals surface area (Å²) in [5, 5.41) is 11.3. The summed E-state index contributed by atoms with van der Waals surface area (Å²) in [7, 11) is 0. The van der Waals surface area contributed by atoms with Gasteiger partial charge in [-0.05, 0) is 60.7 Å². The fraction of sp³-hybridized carbons (Fsp3) is 0.474. The second-order valence-electron chi connectivity index (χ2n) is 7.20. The van der Waals surface area contributed by atoms with Crippen molar-refractivity contribution >= 4 is 12.0 Å². The molecule has 0 unspecified atom stereocenters. The van der Waals surface area contributed by atoms with Crippen LogP contribution in [-0.4, -0.2) is 49.8 Å². The van der Waals surface area contributed by atoms with Gasteiger partial charge in [-0.2, -0.15) is 31.1 Å². The molecule has 0 saturated carbocycles. The number of aromatic nitrogens is 4. The lowest BCUT2D eigenvalue weighted by atomic mass is 10.0. The van der Waals surface area contributed by atoms with Crippen molar-refractivity contribution in [3.05, 3.63) is 46.8 Å². The molecule has 0 bridgehead atoms. The molecular formula is C19H19F6N5O. The maximum atomic E-state index is 13.2. The van der Waals surface area contributed by atoms with Crippen LogP contribution in [0.2, 0.25) is 0 Å². The van der Waals surface area contributed by atoms with Gasteiger partial charge in [0.05, 0.1) is 12.1 Å². The number of likely N-dealkylation sites (tertiary alicyclic amines) is 1. The van der Waals surface area contributed by atoms with Crippen molar-refractivity contribution in [3.63, 3.8) is 0 Å². The highest BCUT2D eigenvalue weighted by molar-refractivity contribution is 5.92. The molecule has 1 amide bonds. The predicted octanol–water partition coefficient (Wildman–Crippen LogP) is 4.01. The zero-order valence-electron chi connectivity index (χ0n) is 16.4. The van der Waals surface area contributed by atoms with Crippen molar-refractivity contribution < 1.29 is 31.1 Å². The first-order valence-electron chi connectivity index (χ1n) is 9.45. The number of piperidine rings is 1. The second kappa shape index (κ2) is 8.67. The van der Waals surface area contributed by atoms with E-state index in [2.05, 4.69) is 15.4 Å². The molecule has 1 aromatic carbocycles. The summed E-state index contributed by atoms with van der Waals surface area (Å²) in [6.07, 6.45) is -6.32. The van der Waals surface area contributed by atoms with Gasteiger partial charge in [-0.1, -0.05) is 6.07 Å². The number of tetrazole rings is 1. The summed E-state index contributed by atoms with van der Waals surface area (Å²) < 4.78 is 79.1. The number of amides is 1. The Bertz CT molecular complexity index is 965. The second-order valence-corrected chi connectivity index (χ2v) is 7.20.